The third kappa shape index (κ3) is 4.29. The van der Waals surface area contributed by atoms with Crippen LogP contribution in [0, 0.1) is 10.1 Å². The Hall–Kier alpha value is -3.99. The fourth-order valence-corrected chi connectivity index (χ4v) is 5.06. The molecule has 1 saturated carbocycles. The molecule has 0 bridgehead atoms. The average Bonchev–Trinajstić information content (AvgIpc) is 2.89. The zero-order valence-corrected chi connectivity index (χ0v) is 18.7. The molecule has 1 fully saturated rings. The van der Waals surface area contributed by atoms with Gasteiger partial charge in [-0.2, -0.15) is 0 Å². The van der Waals surface area contributed by atoms with Gasteiger partial charge in [-0.3, -0.25) is 10.1 Å². The minimum atomic E-state index is -0.474. The summed E-state index contributed by atoms with van der Waals surface area (Å²) in [6.07, 6.45) is 3.55. The number of benzene rings is 4. The molecule has 0 heterocycles. The van der Waals surface area contributed by atoms with E-state index >= 15 is 0 Å². The van der Waals surface area contributed by atoms with E-state index in [2.05, 4.69) is 42.5 Å². The Labute approximate surface area is 198 Å². The summed E-state index contributed by atoms with van der Waals surface area (Å²) >= 11 is 0. The van der Waals surface area contributed by atoms with Crippen molar-refractivity contribution < 1.29 is 14.5 Å². The SMILES string of the molecule is O=C(O[C@@H]1CCCC[C@@H]1c1c(-c2ccccc2)ccc2ccccc12)c1ccc([N+](=O)[O-])cc1. The Morgan fingerprint density at radius 2 is 1.53 bits per heavy atom. The van der Waals surface area contributed by atoms with E-state index in [9.17, 15) is 14.9 Å². The van der Waals surface area contributed by atoms with Crippen molar-refractivity contribution in [2.75, 3.05) is 0 Å². The minimum Gasteiger partial charge on any atom is -0.458 e. The molecule has 1 aliphatic carbocycles. The highest BCUT2D eigenvalue weighted by Crippen LogP contribution is 2.43. The molecule has 5 rings (SSSR count). The van der Waals surface area contributed by atoms with Crippen LogP contribution in [0.5, 0.6) is 0 Å². The van der Waals surface area contributed by atoms with Crippen molar-refractivity contribution in [3.05, 3.63) is 112 Å². The number of hydrogen-bond acceptors (Lipinski definition) is 4. The maximum absolute atomic E-state index is 13.0. The van der Waals surface area contributed by atoms with Crippen LogP contribution in [0.25, 0.3) is 21.9 Å². The van der Waals surface area contributed by atoms with E-state index in [0.717, 1.165) is 31.2 Å². The topological polar surface area (TPSA) is 69.4 Å². The molecule has 0 unspecified atom stereocenters. The quantitative estimate of drug-likeness (QED) is 0.181. The third-order valence-electron chi connectivity index (χ3n) is 6.70. The highest BCUT2D eigenvalue weighted by atomic mass is 16.6. The van der Waals surface area contributed by atoms with Gasteiger partial charge in [-0.05, 0) is 58.9 Å². The van der Waals surface area contributed by atoms with E-state index in [4.69, 9.17) is 4.74 Å². The average molecular weight is 452 g/mol. The molecule has 0 aliphatic heterocycles. The number of non-ortho nitro benzene ring substituents is 1. The molecule has 5 heteroatoms. The van der Waals surface area contributed by atoms with Crippen molar-refractivity contribution in [3.63, 3.8) is 0 Å². The second-order valence-corrected chi connectivity index (χ2v) is 8.75. The van der Waals surface area contributed by atoms with E-state index in [-0.39, 0.29) is 17.7 Å². The number of hydrogen-bond donors (Lipinski definition) is 0. The first kappa shape index (κ1) is 21.8. The highest BCUT2D eigenvalue weighted by molar-refractivity contribution is 5.93. The summed E-state index contributed by atoms with van der Waals surface area (Å²) in [5, 5.41) is 13.3. The maximum Gasteiger partial charge on any atom is 0.338 e. The number of rotatable bonds is 5. The lowest BCUT2D eigenvalue weighted by Crippen LogP contribution is -2.29. The molecule has 0 aromatic heterocycles. The Morgan fingerprint density at radius 3 is 2.29 bits per heavy atom. The van der Waals surface area contributed by atoms with Gasteiger partial charge in [-0.1, -0.05) is 73.2 Å². The number of carbonyl (C=O) groups excluding carboxylic acids is 1. The summed E-state index contributed by atoms with van der Waals surface area (Å²) in [7, 11) is 0. The largest absolute Gasteiger partial charge is 0.458 e. The maximum atomic E-state index is 13.0. The molecule has 0 N–H and O–H groups in total. The van der Waals surface area contributed by atoms with Gasteiger partial charge in [0.15, 0.2) is 0 Å². The molecule has 5 nitrogen and oxygen atoms in total. The standard InChI is InChI=1S/C29H25NO4/c31-29(22-14-17-23(18-15-22)30(32)33)34-27-13-7-6-12-26(27)28-24-11-5-4-10-21(24)16-19-25(28)20-8-2-1-3-9-20/h1-5,8-11,14-19,26-27H,6-7,12-13H2/t26-,27+/m0/s1. The van der Waals surface area contributed by atoms with Crippen LogP contribution in [0.3, 0.4) is 0 Å². The Balaban J connectivity index is 1.53. The van der Waals surface area contributed by atoms with Gasteiger partial charge in [-0.25, -0.2) is 4.79 Å². The number of carbonyl (C=O) groups is 1. The molecule has 4 aromatic carbocycles. The van der Waals surface area contributed by atoms with Gasteiger partial charge in [0, 0.05) is 18.1 Å². The van der Waals surface area contributed by atoms with Crippen LogP contribution in [0.2, 0.25) is 0 Å². The number of nitrogens with zero attached hydrogens (tertiary/aromatic N) is 1. The molecular weight excluding hydrogens is 426 g/mol. The van der Waals surface area contributed by atoms with Crippen LogP contribution in [0.15, 0.2) is 91.0 Å². The van der Waals surface area contributed by atoms with Crippen molar-refractivity contribution in [1.82, 2.24) is 0 Å². The summed E-state index contributed by atoms with van der Waals surface area (Å²) < 4.78 is 6.08. The number of nitro groups is 1. The zero-order valence-electron chi connectivity index (χ0n) is 18.7. The molecule has 2 atom stereocenters. The monoisotopic (exact) mass is 451 g/mol. The highest BCUT2D eigenvalue weighted by Gasteiger charge is 2.33. The summed E-state index contributed by atoms with van der Waals surface area (Å²) in [5.74, 6) is -0.370. The normalized spacial score (nSPS) is 17.9. The Kier molecular flexibility index (Phi) is 6.09. The van der Waals surface area contributed by atoms with Crippen LogP contribution >= 0.6 is 0 Å². The molecule has 34 heavy (non-hydrogen) atoms. The van der Waals surface area contributed by atoms with Crippen LogP contribution < -0.4 is 0 Å². The number of esters is 1. The molecular formula is C29H25NO4. The van der Waals surface area contributed by atoms with Gasteiger partial charge >= 0.3 is 5.97 Å². The lowest BCUT2D eigenvalue weighted by molar-refractivity contribution is -0.384. The lowest BCUT2D eigenvalue weighted by Gasteiger charge is -2.33. The molecule has 0 radical (unpaired) electrons. The molecule has 0 spiro atoms. The first-order valence-electron chi connectivity index (χ1n) is 11.6. The predicted octanol–water partition coefficient (Wildman–Crippen LogP) is 7.30. The smallest absolute Gasteiger partial charge is 0.338 e. The van der Waals surface area contributed by atoms with Gasteiger partial charge in [0.05, 0.1) is 10.5 Å². The fraction of sp³-hybridized carbons (Fsp3) is 0.207. The first-order valence-corrected chi connectivity index (χ1v) is 11.6. The van der Waals surface area contributed by atoms with Crippen LogP contribution in [0.4, 0.5) is 5.69 Å². The van der Waals surface area contributed by atoms with E-state index < -0.39 is 10.9 Å². The molecule has 0 saturated heterocycles. The van der Waals surface area contributed by atoms with E-state index in [1.165, 1.54) is 46.2 Å². The number of nitro benzene ring substituents is 1. The van der Waals surface area contributed by atoms with Crippen LogP contribution in [-0.2, 0) is 4.74 Å². The van der Waals surface area contributed by atoms with Crippen LogP contribution in [0.1, 0.15) is 47.5 Å². The second kappa shape index (κ2) is 9.48. The summed E-state index contributed by atoms with van der Waals surface area (Å²) in [6.45, 7) is 0. The van der Waals surface area contributed by atoms with Gasteiger partial charge in [0.25, 0.3) is 5.69 Å². The van der Waals surface area contributed by atoms with Gasteiger partial charge in [-0.15, -0.1) is 0 Å². The van der Waals surface area contributed by atoms with Gasteiger partial charge < -0.3 is 4.74 Å². The number of ether oxygens (including phenoxy) is 1. The fourth-order valence-electron chi connectivity index (χ4n) is 5.06. The first-order chi connectivity index (χ1) is 16.6. The lowest BCUT2D eigenvalue weighted by atomic mass is 9.76. The van der Waals surface area contributed by atoms with Crippen molar-refractivity contribution in [3.8, 4) is 11.1 Å². The van der Waals surface area contributed by atoms with Crippen molar-refractivity contribution in [2.45, 2.75) is 37.7 Å². The molecule has 0 amide bonds. The molecule has 4 aromatic rings. The minimum absolute atomic E-state index is 0.0460. The number of fused-ring (bicyclic) bond motifs is 1. The summed E-state index contributed by atoms with van der Waals surface area (Å²) in [4.78, 5) is 23.5. The van der Waals surface area contributed by atoms with Gasteiger partial charge in [0.1, 0.15) is 6.10 Å². The summed E-state index contributed by atoms with van der Waals surface area (Å²) in [5.41, 5.74) is 3.83. The van der Waals surface area contributed by atoms with Crippen LogP contribution in [-0.4, -0.2) is 17.0 Å². The van der Waals surface area contributed by atoms with E-state index in [0.29, 0.717) is 5.56 Å². The third-order valence-corrected chi connectivity index (χ3v) is 6.70. The summed E-state index contributed by atoms with van der Waals surface area (Å²) in [6, 6.07) is 28.7. The van der Waals surface area contributed by atoms with E-state index in [1.54, 1.807) is 0 Å². The van der Waals surface area contributed by atoms with Crippen molar-refractivity contribution in [2.24, 2.45) is 0 Å². The Bertz CT molecular complexity index is 1330. The molecule has 170 valence electrons. The van der Waals surface area contributed by atoms with Gasteiger partial charge in [0.2, 0.25) is 0 Å². The van der Waals surface area contributed by atoms with E-state index in [1.807, 2.05) is 24.3 Å². The second-order valence-electron chi connectivity index (χ2n) is 8.75. The Morgan fingerprint density at radius 1 is 0.824 bits per heavy atom. The zero-order chi connectivity index (χ0) is 23.5. The molecule has 1 aliphatic rings. The van der Waals surface area contributed by atoms with Crippen molar-refractivity contribution >= 4 is 22.4 Å². The van der Waals surface area contributed by atoms with Crippen molar-refractivity contribution in [1.29, 1.82) is 0 Å². The predicted molar refractivity (Wildman–Crippen MR) is 133 cm³/mol.